The van der Waals surface area contributed by atoms with E-state index in [-0.39, 0.29) is 35.6 Å². The van der Waals surface area contributed by atoms with Crippen LogP contribution < -0.4 is 4.74 Å². The van der Waals surface area contributed by atoms with E-state index in [4.69, 9.17) is 4.74 Å². The van der Waals surface area contributed by atoms with Crippen LogP contribution in [0.1, 0.15) is 58.4 Å². The van der Waals surface area contributed by atoms with E-state index in [9.17, 15) is 18.3 Å². The quantitative estimate of drug-likeness (QED) is 0.612. The molecule has 1 aliphatic heterocycles. The minimum atomic E-state index is -3.89. The lowest BCUT2D eigenvalue weighted by Crippen LogP contribution is -2.50. The smallest absolute Gasteiger partial charge is 0.247 e. The SMILES string of the molecule is CCCC#Cc1ccc2c(c1)O[C@@H](CN(C)C(=O)CC1CC1)[C@H](C)CN([C@@H](C)CO)S2(=O)=O. The Morgan fingerprint density at radius 3 is 2.73 bits per heavy atom. The Bertz CT molecular complexity index is 1010. The molecule has 3 rings (SSSR count). The van der Waals surface area contributed by atoms with Gasteiger partial charge < -0.3 is 14.7 Å². The Hall–Kier alpha value is -2.08. The summed E-state index contributed by atoms with van der Waals surface area (Å²) in [7, 11) is -2.11. The van der Waals surface area contributed by atoms with Gasteiger partial charge in [0.2, 0.25) is 15.9 Å². The van der Waals surface area contributed by atoms with Crippen molar-refractivity contribution < 1.29 is 23.1 Å². The molecule has 0 saturated heterocycles. The number of fused-ring (bicyclic) bond motifs is 1. The van der Waals surface area contributed by atoms with Gasteiger partial charge in [-0.15, -0.1) is 0 Å². The molecule has 0 radical (unpaired) electrons. The normalized spacial score (nSPS) is 23.2. The molecule has 7 nitrogen and oxygen atoms in total. The number of sulfonamides is 1. The summed E-state index contributed by atoms with van der Waals surface area (Å²) in [5.41, 5.74) is 0.685. The van der Waals surface area contributed by atoms with Crippen LogP contribution in [0.15, 0.2) is 23.1 Å². The van der Waals surface area contributed by atoms with E-state index in [0.717, 1.165) is 25.7 Å². The van der Waals surface area contributed by atoms with E-state index < -0.39 is 22.2 Å². The van der Waals surface area contributed by atoms with Crippen molar-refractivity contribution in [3.05, 3.63) is 23.8 Å². The highest BCUT2D eigenvalue weighted by atomic mass is 32.2. The monoisotopic (exact) mass is 476 g/mol. The number of carbonyl (C=O) groups is 1. The zero-order chi connectivity index (χ0) is 24.2. The number of ether oxygens (including phenoxy) is 1. The Morgan fingerprint density at radius 2 is 2.09 bits per heavy atom. The summed E-state index contributed by atoms with van der Waals surface area (Å²) in [6.45, 7) is 5.93. The molecule has 1 aromatic rings. The maximum absolute atomic E-state index is 13.5. The Labute approximate surface area is 198 Å². The van der Waals surface area contributed by atoms with Crippen LogP contribution in [0.4, 0.5) is 0 Å². The third kappa shape index (κ3) is 6.28. The van der Waals surface area contributed by atoms with Gasteiger partial charge in [0, 0.05) is 44.0 Å². The molecule has 0 aromatic heterocycles. The van der Waals surface area contributed by atoms with Crippen LogP contribution in [-0.4, -0.2) is 67.5 Å². The summed E-state index contributed by atoms with van der Waals surface area (Å²) in [6, 6.07) is 4.32. The van der Waals surface area contributed by atoms with Crippen molar-refractivity contribution >= 4 is 15.9 Å². The first-order valence-corrected chi connectivity index (χ1v) is 13.3. The van der Waals surface area contributed by atoms with Gasteiger partial charge in [0.05, 0.1) is 13.2 Å². The summed E-state index contributed by atoms with van der Waals surface area (Å²) in [5.74, 6) is 6.78. The molecule has 1 saturated carbocycles. The lowest BCUT2D eigenvalue weighted by atomic mass is 10.0. The second kappa shape index (κ2) is 10.9. The zero-order valence-electron chi connectivity index (χ0n) is 20.1. The minimum absolute atomic E-state index is 0.0627. The molecule has 2 aliphatic rings. The lowest BCUT2D eigenvalue weighted by Gasteiger charge is -2.37. The van der Waals surface area contributed by atoms with Crippen molar-refractivity contribution in [1.29, 1.82) is 0 Å². The number of hydrogen-bond donors (Lipinski definition) is 1. The van der Waals surface area contributed by atoms with Crippen molar-refractivity contribution in [2.24, 2.45) is 11.8 Å². The third-order valence-electron chi connectivity index (χ3n) is 6.31. The highest BCUT2D eigenvalue weighted by Gasteiger charge is 2.38. The number of aliphatic hydroxyl groups excluding tert-OH is 1. The number of carbonyl (C=O) groups excluding carboxylic acids is 1. The van der Waals surface area contributed by atoms with Gasteiger partial charge in [0.15, 0.2) is 0 Å². The van der Waals surface area contributed by atoms with Crippen LogP contribution in [0.5, 0.6) is 5.75 Å². The number of nitrogens with zero attached hydrogens (tertiary/aromatic N) is 2. The van der Waals surface area contributed by atoms with Gasteiger partial charge in [0.25, 0.3) is 0 Å². The van der Waals surface area contributed by atoms with Crippen molar-refractivity contribution in [2.75, 3.05) is 26.7 Å². The molecular formula is C25H36N2O5S. The molecule has 1 aromatic carbocycles. The van der Waals surface area contributed by atoms with Crippen molar-refractivity contribution in [3.8, 4) is 17.6 Å². The molecule has 3 atom stereocenters. The molecule has 1 heterocycles. The van der Waals surface area contributed by atoms with Crippen LogP contribution in [0.2, 0.25) is 0 Å². The zero-order valence-corrected chi connectivity index (χ0v) is 20.9. The minimum Gasteiger partial charge on any atom is -0.487 e. The number of rotatable bonds is 7. The molecule has 8 heteroatoms. The predicted octanol–water partition coefficient (Wildman–Crippen LogP) is 2.87. The van der Waals surface area contributed by atoms with E-state index in [2.05, 4.69) is 18.8 Å². The topological polar surface area (TPSA) is 87.2 Å². The van der Waals surface area contributed by atoms with Gasteiger partial charge in [-0.2, -0.15) is 4.31 Å². The number of aliphatic hydroxyl groups is 1. The average Bonchev–Trinajstić information content (AvgIpc) is 3.59. The first-order valence-electron chi connectivity index (χ1n) is 11.8. The molecule has 0 unspecified atom stereocenters. The Balaban J connectivity index is 1.97. The number of amides is 1. The fourth-order valence-electron chi connectivity index (χ4n) is 3.91. The summed E-state index contributed by atoms with van der Waals surface area (Å²) in [6.07, 6.45) is 4.06. The van der Waals surface area contributed by atoms with E-state index >= 15 is 0 Å². The predicted molar refractivity (Wildman–Crippen MR) is 127 cm³/mol. The van der Waals surface area contributed by atoms with Gasteiger partial charge in [-0.3, -0.25) is 4.79 Å². The Kier molecular flexibility index (Phi) is 8.43. The van der Waals surface area contributed by atoms with Gasteiger partial charge in [-0.25, -0.2) is 8.42 Å². The van der Waals surface area contributed by atoms with Crippen LogP contribution in [0.25, 0.3) is 0 Å². The van der Waals surface area contributed by atoms with Crippen LogP contribution in [0.3, 0.4) is 0 Å². The molecule has 1 amide bonds. The summed E-state index contributed by atoms with van der Waals surface area (Å²) < 4.78 is 34.6. The lowest BCUT2D eigenvalue weighted by molar-refractivity contribution is -0.131. The maximum Gasteiger partial charge on any atom is 0.247 e. The molecule has 33 heavy (non-hydrogen) atoms. The van der Waals surface area contributed by atoms with E-state index in [0.29, 0.717) is 24.4 Å². The van der Waals surface area contributed by atoms with E-state index in [1.165, 1.54) is 10.4 Å². The maximum atomic E-state index is 13.5. The number of hydrogen-bond acceptors (Lipinski definition) is 5. The highest BCUT2D eigenvalue weighted by Crippen LogP contribution is 2.35. The molecule has 0 spiro atoms. The number of likely N-dealkylation sites (N-methyl/N-ethyl adjacent to an activating group) is 1. The van der Waals surface area contributed by atoms with Crippen molar-refractivity contribution in [3.63, 3.8) is 0 Å². The summed E-state index contributed by atoms with van der Waals surface area (Å²) >= 11 is 0. The van der Waals surface area contributed by atoms with Crippen molar-refractivity contribution in [1.82, 2.24) is 9.21 Å². The highest BCUT2D eigenvalue weighted by molar-refractivity contribution is 7.89. The molecule has 182 valence electrons. The van der Waals surface area contributed by atoms with Gasteiger partial charge in [-0.05, 0) is 50.3 Å². The first-order chi connectivity index (χ1) is 15.7. The molecular weight excluding hydrogens is 440 g/mol. The van der Waals surface area contributed by atoms with Gasteiger partial charge in [0.1, 0.15) is 16.7 Å². The second-order valence-corrected chi connectivity index (χ2v) is 11.2. The molecule has 0 bridgehead atoms. The van der Waals surface area contributed by atoms with Gasteiger partial charge >= 0.3 is 0 Å². The van der Waals surface area contributed by atoms with Crippen molar-refractivity contribution in [2.45, 2.75) is 69.9 Å². The van der Waals surface area contributed by atoms with Crippen LogP contribution in [-0.2, 0) is 14.8 Å². The summed E-state index contributed by atoms with van der Waals surface area (Å²) in [5, 5.41) is 9.75. The number of unbranched alkanes of at least 4 members (excludes halogenated alkanes) is 1. The summed E-state index contributed by atoms with van der Waals surface area (Å²) in [4.78, 5) is 14.4. The number of benzene rings is 1. The average molecular weight is 477 g/mol. The largest absolute Gasteiger partial charge is 0.487 e. The Morgan fingerprint density at radius 1 is 1.36 bits per heavy atom. The molecule has 1 aliphatic carbocycles. The van der Waals surface area contributed by atoms with E-state index in [1.807, 2.05) is 6.92 Å². The second-order valence-electron chi connectivity index (χ2n) is 9.37. The first kappa shape index (κ1) is 25.5. The van der Waals surface area contributed by atoms with Crippen LogP contribution in [0, 0.1) is 23.7 Å². The fraction of sp³-hybridized carbons (Fsp3) is 0.640. The van der Waals surface area contributed by atoms with Gasteiger partial charge in [-0.1, -0.05) is 25.7 Å². The molecule has 1 fully saturated rings. The standard InChI is InChI=1S/C25H36N2O5S/c1-5-6-7-8-20-11-12-24-22(13-20)32-23(16-26(4)25(29)14-21-9-10-21)18(2)15-27(19(3)17-28)33(24,30)31/h11-13,18-19,21,23,28H,5-6,9-10,14-17H2,1-4H3/t18-,19+,23+/m1/s1. The fourth-order valence-corrected chi connectivity index (χ4v) is 5.73. The van der Waals surface area contributed by atoms with Crippen LogP contribution >= 0.6 is 0 Å². The molecule has 1 N–H and O–H groups in total. The van der Waals surface area contributed by atoms with E-state index in [1.54, 1.807) is 31.0 Å². The third-order valence-corrected chi connectivity index (χ3v) is 8.33.